The summed E-state index contributed by atoms with van der Waals surface area (Å²) in [4.78, 5) is 30.7. The van der Waals surface area contributed by atoms with Crippen molar-refractivity contribution in [2.45, 2.75) is 32.4 Å². The number of ketones is 1. The molecule has 0 radical (unpaired) electrons. The van der Waals surface area contributed by atoms with E-state index in [4.69, 9.17) is 4.74 Å². The summed E-state index contributed by atoms with van der Waals surface area (Å²) in [5, 5.41) is 0. The summed E-state index contributed by atoms with van der Waals surface area (Å²) in [5.74, 6) is 0.437. The molecule has 1 aliphatic heterocycles. The van der Waals surface area contributed by atoms with Crippen LogP contribution in [-0.4, -0.2) is 67.4 Å². The molecule has 170 valence electrons. The lowest BCUT2D eigenvalue weighted by molar-refractivity contribution is -0.133. The van der Waals surface area contributed by atoms with Gasteiger partial charge in [-0.05, 0) is 55.7 Å². The van der Waals surface area contributed by atoms with Crippen molar-refractivity contribution in [3.05, 3.63) is 59.4 Å². The van der Waals surface area contributed by atoms with Crippen LogP contribution in [0.2, 0.25) is 0 Å². The molecule has 2 aromatic rings. The second-order valence-electron chi connectivity index (χ2n) is 8.59. The lowest BCUT2D eigenvalue weighted by Gasteiger charge is -2.37. The normalized spacial score (nSPS) is 16.7. The Labute approximate surface area is 188 Å². The monoisotopic (exact) mass is 439 g/mol. The molecular weight excluding hydrogens is 409 g/mol. The zero-order chi connectivity index (χ0) is 22.7. The lowest BCUT2D eigenvalue weighted by atomic mass is 10.1. The fourth-order valence-electron chi connectivity index (χ4n) is 4.15. The van der Waals surface area contributed by atoms with Crippen molar-refractivity contribution < 1.29 is 18.7 Å². The minimum atomic E-state index is -0.373. The molecule has 1 saturated carbocycles. The van der Waals surface area contributed by atoms with Crippen LogP contribution in [0.4, 0.5) is 10.1 Å². The van der Waals surface area contributed by atoms with Gasteiger partial charge in [0.25, 0.3) is 0 Å². The summed E-state index contributed by atoms with van der Waals surface area (Å²) in [6, 6.07) is 12.8. The molecule has 4 rings (SSSR count). The minimum Gasteiger partial charge on any atom is -0.497 e. The number of halogens is 1. The molecule has 1 saturated heterocycles. The average Bonchev–Trinajstić information content (AvgIpc) is 3.63. The number of carbonyl (C=O) groups is 2. The number of piperazine rings is 1. The number of amides is 1. The van der Waals surface area contributed by atoms with Gasteiger partial charge in [-0.15, -0.1) is 0 Å². The maximum absolute atomic E-state index is 14.5. The number of methoxy groups -OCH3 is 1. The van der Waals surface area contributed by atoms with E-state index in [0.29, 0.717) is 56.6 Å². The molecule has 2 fully saturated rings. The van der Waals surface area contributed by atoms with E-state index in [0.717, 1.165) is 24.2 Å². The van der Waals surface area contributed by atoms with E-state index < -0.39 is 0 Å². The Bertz CT molecular complexity index is 967. The van der Waals surface area contributed by atoms with Gasteiger partial charge >= 0.3 is 0 Å². The van der Waals surface area contributed by atoms with E-state index >= 15 is 0 Å². The molecule has 0 N–H and O–H groups in total. The predicted molar refractivity (Wildman–Crippen MR) is 122 cm³/mol. The van der Waals surface area contributed by atoms with Gasteiger partial charge in [0.2, 0.25) is 5.91 Å². The molecule has 0 atom stereocenters. The Hall–Kier alpha value is -2.93. The molecular formula is C25H30FN3O3. The Balaban J connectivity index is 1.32. The first-order valence-corrected chi connectivity index (χ1v) is 11.1. The molecule has 2 aliphatic rings. The van der Waals surface area contributed by atoms with Crippen LogP contribution in [0.25, 0.3) is 0 Å². The third kappa shape index (κ3) is 5.27. The summed E-state index contributed by atoms with van der Waals surface area (Å²) in [6.45, 7) is 5.11. The van der Waals surface area contributed by atoms with Crippen molar-refractivity contribution in [1.82, 2.24) is 9.80 Å². The third-order valence-electron chi connectivity index (χ3n) is 6.25. The highest BCUT2D eigenvalue weighted by Gasteiger charge is 2.33. The zero-order valence-corrected chi connectivity index (χ0v) is 18.7. The second kappa shape index (κ2) is 9.69. The summed E-state index contributed by atoms with van der Waals surface area (Å²) in [6.07, 6.45) is 2.12. The highest BCUT2D eigenvalue weighted by molar-refractivity contribution is 5.94. The van der Waals surface area contributed by atoms with Gasteiger partial charge in [-0.1, -0.05) is 12.1 Å². The molecule has 32 heavy (non-hydrogen) atoms. The first-order valence-electron chi connectivity index (χ1n) is 11.1. The molecule has 1 aliphatic carbocycles. The van der Waals surface area contributed by atoms with Gasteiger partial charge in [-0.25, -0.2) is 4.39 Å². The van der Waals surface area contributed by atoms with Crippen LogP contribution in [-0.2, 0) is 11.3 Å². The van der Waals surface area contributed by atoms with Gasteiger partial charge in [0.15, 0.2) is 5.78 Å². The number of Topliss-reactive ketones (excluding diaryl/α,β-unsaturated/α-hetero) is 1. The molecule has 0 bridgehead atoms. The van der Waals surface area contributed by atoms with Crippen LogP contribution >= 0.6 is 0 Å². The number of carbonyl (C=O) groups excluding carboxylic acids is 2. The molecule has 1 amide bonds. The smallest absolute Gasteiger partial charge is 0.237 e. The summed E-state index contributed by atoms with van der Waals surface area (Å²) in [5.41, 5.74) is 1.99. The standard InChI is InChI=1S/C25H30FN3O3/c1-18(30)20-5-10-24(23(26)15-20)28-13-11-27(12-14-28)17-25(31)29(21-6-7-21)16-19-3-8-22(32-2)9-4-19/h3-5,8-10,15,21H,6-7,11-14,16-17H2,1-2H3. The minimum absolute atomic E-state index is 0.145. The van der Waals surface area contributed by atoms with Gasteiger partial charge < -0.3 is 14.5 Å². The number of benzene rings is 2. The summed E-state index contributed by atoms with van der Waals surface area (Å²) < 4.78 is 19.7. The van der Waals surface area contributed by atoms with E-state index in [1.165, 1.54) is 13.0 Å². The number of hydrogen-bond acceptors (Lipinski definition) is 5. The highest BCUT2D eigenvalue weighted by atomic mass is 19.1. The molecule has 0 unspecified atom stereocenters. The van der Waals surface area contributed by atoms with Gasteiger partial charge in [-0.2, -0.15) is 0 Å². The molecule has 0 spiro atoms. The molecule has 6 nitrogen and oxygen atoms in total. The average molecular weight is 440 g/mol. The third-order valence-corrected chi connectivity index (χ3v) is 6.25. The van der Waals surface area contributed by atoms with Crippen LogP contribution in [0.3, 0.4) is 0 Å². The maximum Gasteiger partial charge on any atom is 0.237 e. The number of nitrogens with zero attached hydrogens (tertiary/aromatic N) is 3. The number of anilines is 1. The van der Waals surface area contributed by atoms with Crippen LogP contribution < -0.4 is 9.64 Å². The molecule has 1 heterocycles. The Morgan fingerprint density at radius 2 is 1.75 bits per heavy atom. The van der Waals surface area contributed by atoms with E-state index in [1.54, 1.807) is 19.2 Å². The largest absolute Gasteiger partial charge is 0.497 e. The molecule has 0 aromatic heterocycles. The summed E-state index contributed by atoms with van der Waals surface area (Å²) >= 11 is 0. The Morgan fingerprint density at radius 1 is 1.06 bits per heavy atom. The molecule has 7 heteroatoms. The first kappa shape index (κ1) is 22.3. The second-order valence-corrected chi connectivity index (χ2v) is 8.59. The number of ether oxygens (including phenoxy) is 1. The maximum atomic E-state index is 14.5. The van der Waals surface area contributed by atoms with Crippen LogP contribution in [0.5, 0.6) is 5.75 Å². The molecule has 2 aromatic carbocycles. The fraction of sp³-hybridized carbons (Fsp3) is 0.440. The highest BCUT2D eigenvalue weighted by Crippen LogP contribution is 2.29. The van der Waals surface area contributed by atoms with Gasteiger partial charge in [0.1, 0.15) is 11.6 Å². The van der Waals surface area contributed by atoms with Crippen molar-refractivity contribution in [3.63, 3.8) is 0 Å². The van der Waals surface area contributed by atoms with Gasteiger partial charge in [-0.3, -0.25) is 14.5 Å². The summed E-state index contributed by atoms with van der Waals surface area (Å²) in [7, 11) is 1.64. The number of hydrogen-bond donors (Lipinski definition) is 0. The van der Waals surface area contributed by atoms with E-state index in [1.807, 2.05) is 34.1 Å². The Kier molecular flexibility index (Phi) is 6.74. The van der Waals surface area contributed by atoms with Crippen LogP contribution in [0.15, 0.2) is 42.5 Å². The quantitative estimate of drug-likeness (QED) is 0.591. The zero-order valence-electron chi connectivity index (χ0n) is 18.7. The topological polar surface area (TPSA) is 53.1 Å². The van der Waals surface area contributed by atoms with Crippen molar-refractivity contribution in [1.29, 1.82) is 0 Å². The van der Waals surface area contributed by atoms with Gasteiger partial charge in [0.05, 0.1) is 19.3 Å². The van der Waals surface area contributed by atoms with E-state index in [2.05, 4.69) is 4.90 Å². The SMILES string of the molecule is COc1ccc(CN(C(=O)CN2CCN(c3ccc(C(C)=O)cc3F)CC2)C2CC2)cc1. The van der Waals surface area contributed by atoms with Crippen molar-refractivity contribution in [2.24, 2.45) is 0 Å². The van der Waals surface area contributed by atoms with Crippen LogP contribution in [0, 0.1) is 5.82 Å². The number of rotatable bonds is 8. The van der Waals surface area contributed by atoms with Crippen molar-refractivity contribution in [3.8, 4) is 5.75 Å². The Morgan fingerprint density at radius 3 is 2.31 bits per heavy atom. The van der Waals surface area contributed by atoms with Gasteiger partial charge in [0, 0.05) is 44.3 Å². The van der Waals surface area contributed by atoms with Crippen LogP contribution in [0.1, 0.15) is 35.7 Å². The van der Waals surface area contributed by atoms with Crippen molar-refractivity contribution >= 4 is 17.4 Å². The lowest BCUT2D eigenvalue weighted by Crippen LogP contribution is -2.50. The van der Waals surface area contributed by atoms with Crippen molar-refractivity contribution in [2.75, 3.05) is 44.7 Å². The fourth-order valence-corrected chi connectivity index (χ4v) is 4.15. The first-order chi connectivity index (χ1) is 15.4. The predicted octanol–water partition coefficient (Wildman–Crippen LogP) is 3.35. The van der Waals surface area contributed by atoms with E-state index in [9.17, 15) is 14.0 Å². The van der Waals surface area contributed by atoms with E-state index in [-0.39, 0.29) is 17.5 Å².